The number of hydrogen-bond acceptors (Lipinski definition) is 6. The molecule has 3 rings (SSSR count). The first-order chi connectivity index (χ1) is 13.7. The summed E-state index contributed by atoms with van der Waals surface area (Å²) < 4.78 is 52.3. The molecule has 0 saturated heterocycles. The highest BCUT2D eigenvalue weighted by Gasteiger charge is 2.15. The molecule has 0 saturated carbocycles. The molecule has 0 radical (unpaired) electrons. The van der Waals surface area contributed by atoms with Gasteiger partial charge in [0, 0.05) is 22.8 Å². The van der Waals surface area contributed by atoms with Gasteiger partial charge in [0.05, 0.1) is 11.4 Å². The van der Waals surface area contributed by atoms with E-state index in [-0.39, 0.29) is 16.6 Å². The van der Waals surface area contributed by atoms with Gasteiger partial charge in [0.2, 0.25) is 0 Å². The van der Waals surface area contributed by atoms with Crippen LogP contribution in [0.25, 0.3) is 11.3 Å². The highest BCUT2D eigenvalue weighted by molar-refractivity contribution is 7.89. The fourth-order valence-electron chi connectivity index (χ4n) is 2.56. The second kappa shape index (κ2) is 8.66. The summed E-state index contributed by atoms with van der Waals surface area (Å²) in [6.45, 7) is -2.96. The van der Waals surface area contributed by atoms with Crippen LogP contribution in [0.5, 0.6) is 5.75 Å². The zero-order valence-corrected chi connectivity index (χ0v) is 16.8. The molecule has 1 amide bonds. The van der Waals surface area contributed by atoms with Crippen LogP contribution in [-0.4, -0.2) is 32.2 Å². The number of benzene rings is 2. The van der Waals surface area contributed by atoms with Gasteiger partial charge in [-0.25, -0.2) is 13.4 Å². The Hall–Kier alpha value is -2.85. The predicted molar refractivity (Wildman–Crippen MR) is 107 cm³/mol. The van der Waals surface area contributed by atoms with E-state index < -0.39 is 22.4 Å². The van der Waals surface area contributed by atoms with Crippen molar-refractivity contribution in [2.75, 3.05) is 11.6 Å². The van der Waals surface area contributed by atoms with E-state index in [0.717, 1.165) is 17.6 Å². The first-order valence-corrected chi connectivity index (χ1v) is 11.2. The summed E-state index contributed by atoms with van der Waals surface area (Å²) in [5.41, 5.74) is 1.69. The zero-order valence-electron chi connectivity index (χ0n) is 15.1. The first kappa shape index (κ1) is 20.9. The van der Waals surface area contributed by atoms with Crippen LogP contribution < -0.4 is 10.1 Å². The van der Waals surface area contributed by atoms with Crippen LogP contribution in [0.2, 0.25) is 0 Å². The minimum atomic E-state index is -3.16. The maximum atomic E-state index is 12.6. The molecule has 0 fully saturated rings. The molecule has 0 spiro atoms. The third-order valence-electron chi connectivity index (χ3n) is 3.75. The summed E-state index contributed by atoms with van der Waals surface area (Å²) >= 11 is 1.14. The molecule has 152 valence electrons. The number of halogens is 2. The summed E-state index contributed by atoms with van der Waals surface area (Å²) in [6, 6.07) is 12.4. The van der Waals surface area contributed by atoms with Crippen molar-refractivity contribution in [3.63, 3.8) is 0 Å². The van der Waals surface area contributed by atoms with Gasteiger partial charge in [0.25, 0.3) is 5.91 Å². The van der Waals surface area contributed by atoms with Crippen molar-refractivity contribution in [1.29, 1.82) is 0 Å². The van der Waals surface area contributed by atoms with Gasteiger partial charge < -0.3 is 4.74 Å². The van der Waals surface area contributed by atoms with Crippen molar-refractivity contribution in [3.05, 3.63) is 65.0 Å². The van der Waals surface area contributed by atoms with E-state index in [1.54, 1.807) is 35.7 Å². The zero-order chi connectivity index (χ0) is 21.0. The largest absolute Gasteiger partial charge is 0.434 e. The van der Waals surface area contributed by atoms with Crippen LogP contribution in [-0.2, 0) is 15.6 Å². The van der Waals surface area contributed by atoms with Crippen molar-refractivity contribution >= 4 is 32.2 Å². The molecule has 0 aliphatic carbocycles. The average molecular weight is 438 g/mol. The minimum Gasteiger partial charge on any atom is -0.434 e. The van der Waals surface area contributed by atoms with E-state index in [1.807, 2.05) is 0 Å². The number of nitrogens with one attached hydrogen (secondary N) is 1. The predicted octanol–water partition coefficient (Wildman–Crippen LogP) is 4.21. The maximum absolute atomic E-state index is 12.6. The van der Waals surface area contributed by atoms with Gasteiger partial charge in [-0.1, -0.05) is 24.3 Å². The molecule has 1 N–H and O–H groups in total. The van der Waals surface area contributed by atoms with Gasteiger partial charge in [0.1, 0.15) is 5.75 Å². The van der Waals surface area contributed by atoms with Crippen molar-refractivity contribution in [1.82, 2.24) is 4.98 Å². The number of nitrogens with zero attached hydrogens (tertiary/aromatic N) is 1. The highest BCUT2D eigenvalue weighted by atomic mass is 32.2. The molecule has 1 heterocycles. The minimum absolute atomic E-state index is 0.00728. The molecule has 2 aromatic carbocycles. The number of para-hydroxylation sites is 1. The second-order valence-corrected chi connectivity index (χ2v) is 9.13. The second-order valence-electron chi connectivity index (χ2n) is 6.13. The van der Waals surface area contributed by atoms with Gasteiger partial charge in [-0.3, -0.25) is 10.1 Å². The number of carbonyl (C=O) groups excluding carboxylic acids is 1. The summed E-state index contributed by atoms with van der Waals surface area (Å²) in [7, 11) is -3.16. The molecular weight excluding hydrogens is 422 g/mol. The van der Waals surface area contributed by atoms with Crippen molar-refractivity contribution in [2.45, 2.75) is 12.4 Å². The number of rotatable bonds is 7. The van der Waals surface area contributed by atoms with Gasteiger partial charge in [-0.05, 0) is 29.8 Å². The van der Waals surface area contributed by atoms with E-state index >= 15 is 0 Å². The number of hydrogen-bond donors (Lipinski definition) is 1. The Kier molecular flexibility index (Phi) is 6.23. The van der Waals surface area contributed by atoms with Crippen LogP contribution in [0.15, 0.2) is 53.9 Å². The lowest BCUT2D eigenvalue weighted by Gasteiger charge is -2.08. The maximum Gasteiger partial charge on any atom is 0.387 e. The molecule has 1 aromatic heterocycles. The summed E-state index contributed by atoms with van der Waals surface area (Å²) in [5, 5.41) is 4.55. The van der Waals surface area contributed by atoms with E-state index in [0.29, 0.717) is 22.4 Å². The third kappa shape index (κ3) is 5.81. The lowest BCUT2D eigenvalue weighted by Crippen LogP contribution is -2.12. The SMILES string of the molecule is CS(=O)(=O)Cc1ccc(C(=O)Nc2nc(-c3ccccc3OC(F)F)cs2)cc1. The fourth-order valence-corrected chi connectivity index (χ4v) is 4.06. The lowest BCUT2D eigenvalue weighted by molar-refractivity contribution is -0.0494. The number of sulfone groups is 1. The van der Waals surface area contributed by atoms with E-state index in [4.69, 9.17) is 0 Å². The number of anilines is 1. The van der Waals surface area contributed by atoms with E-state index in [2.05, 4.69) is 15.0 Å². The van der Waals surface area contributed by atoms with Gasteiger partial charge in [-0.15, -0.1) is 11.3 Å². The normalized spacial score (nSPS) is 11.4. The standard InChI is InChI=1S/C19H16F2N2O4S2/c1-29(25,26)11-12-6-8-13(9-7-12)17(24)23-19-22-15(10-28-19)14-4-2-3-5-16(14)27-18(20)21/h2-10,18H,11H2,1H3,(H,22,23,24). The Labute approximate surface area is 170 Å². The summed E-state index contributed by atoms with van der Waals surface area (Å²) in [5.74, 6) is -0.536. The van der Waals surface area contributed by atoms with Crippen molar-refractivity contribution < 1.29 is 26.7 Å². The number of aromatic nitrogens is 1. The Bertz CT molecular complexity index is 1110. The number of amides is 1. The molecule has 29 heavy (non-hydrogen) atoms. The summed E-state index contributed by atoms with van der Waals surface area (Å²) in [6.07, 6.45) is 1.14. The molecule has 6 nitrogen and oxygen atoms in total. The van der Waals surface area contributed by atoms with Crippen LogP contribution in [0.4, 0.5) is 13.9 Å². The molecule has 0 unspecified atom stereocenters. The Balaban J connectivity index is 1.73. The molecule has 10 heteroatoms. The topological polar surface area (TPSA) is 85.4 Å². The Morgan fingerprint density at radius 3 is 2.52 bits per heavy atom. The number of carbonyl (C=O) groups is 1. The molecule has 3 aromatic rings. The van der Waals surface area contributed by atoms with E-state index in [9.17, 15) is 22.0 Å². The molecule has 0 aliphatic rings. The molecule has 0 bridgehead atoms. The van der Waals surface area contributed by atoms with Gasteiger partial charge in [0.15, 0.2) is 15.0 Å². The van der Waals surface area contributed by atoms with Gasteiger partial charge in [-0.2, -0.15) is 8.78 Å². The van der Waals surface area contributed by atoms with Crippen molar-refractivity contribution in [3.8, 4) is 17.0 Å². The van der Waals surface area contributed by atoms with Gasteiger partial charge >= 0.3 is 6.61 Å². The number of thiazole rings is 1. The lowest BCUT2D eigenvalue weighted by atomic mass is 10.1. The van der Waals surface area contributed by atoms with Crippen LogP contribution >= 0.6 is 11.3 Å². The number of alkyl halides is 2. The van der Waals surface area contributed by atoms with Crippen molar-refractivity contribution in [2.24, 2.45) is 0 Å². The monoisotopic (exact) mass is 438 g/mol. The third-order valence-corrected chi connectivity index (χ3v) is 5.36. The quantitative estimate of drug-likeness (QED) is 0.597. The smallest absolute Gasteiger partial charge is 0.387 e. The molecular formula is C19H16F2N2O4S2. The highest BCUT2D eigenvalue weighted by Crippen LogP contribution is 2.33. The van der Waals surface area contributed by atoms with E-state index in [1.165, 1.54) is 18.2 Å². The average Bonchev–Trinajstić information content (AvgIpc) is 3.09. The first-order valence-electron chi connectivity index (χ1n) is 8.29. The fraction of sp³-hybridized carbons (Fsp3) is 0.158. The number of ether oxygens (including phenoxy) is 1. The molecule has 0 aliphatic heterocycles. The van der Waals surface area contributed by atoms with Crippen LogP contribution in [0, 0.1) is 0 Å². The molecule has 0 atom stereocenters. The Morgan fingerprint density at radius 2 is 1.86 bits per heavy atom. The Morgan fingerprint density at radius 1 is 1.17 bits per heavy atom. The summed E-state index contributed by atoms with van der Waals surface area (Å²) in [4.78, 5) is 16.6. The van der Waals surface area contributed by atoms with Crippen LogP contribution in [0.3, 0.4) is 0 Å². The van der Waals surface area contributed by atoms with Crippen LogP contribution in [0.1, 0.15) is 15.9 Å².